The first-order valence-electron chi connectivity index (χ1n) is 11.0. The summed E-state index contributed by atoms with van der Waals surface area (Å²) in [4.78, 5) is 6.81. The number of anilines is 2. The molecule has 1 aliphatic rings. The first-order valence-corrected chi connectivity index (χ1v) is 11.0. The number of nitrogens with zero attached hydrogens (tertiary/aromatic N) is 3. The lowest BCUT2D eigenvalue weighted by atomic mass is 9.96. The van der Waals surface area contributed by atoms with E-state index in [2.05, 4.69) is 0 Å². The number of fused-ring (bicyclic) bond motifs is 3. The van der Waals surface area contributed by atoms with Crippen molar-refractivity contribution in [1.29, 1.82) is 0 Å². The number of hydrogen-bond acceptors (Lipinski definition) is 4. The molecule has 0 spiro atoms. The number of aromatic nitrogens is 2. The number of para-hydroxylation sites is 2. The van der Waals surface area contributed by atoms with E-state index < -0.39 is 12.2 Å². The average Bonchev–Trinajstić information content (AvgIpc) is 3.17. The lowest BCUT2D eigenvalue weighted by molar-refractivity contribution is -0.0494. The standard InChI is InChI=1S/C26H25F2N3O2/c1-26(2,32)19-12-9-17(10-13-19)18-11-14-23-29-20-6-5-15-30(24(20)31(23)16-18)21-7-3-4-8-22(21)33-25(27)28/h3-4,7-14,16,25,32H,5-6,15H2,1-2H3. The second-order valence-corrected chi connectivity index (χ2v) is 8.77. The van der Waals surface area contributed by atoms with E-state index in [0.29, 0.717) is 12.2 Å². The number of pyridine rings is 1. The van der Waals surface area contributed by atoms with Crippen LogP contribution in [0, 0.1) is 0 Å². The summed E-state index contributed by atoms with van der Waals surface area (Å²) < 4.78 is 32.9. The van der Waals surface area contributed by atoms with Crippen molar-refractivity contribution in [3.8, 4) is 16.9 Å². The Morgan fingerprint density at radius 1 is 1.00 bits per heavy atom. The molecule has 1 N–H and O–H groups in total. The Labute approximate surface area is 190 Å². The average molecular weight is 450 g/mol. The predicted octanol–water partition coefficient (Wildman–Crippen LogP) is 5.91. The summed E-state index contributed by atoms with van der Waals surface area (Å²) in [5, 5.41) is 10.2. The fourth-order valence-corrected chi connectivity index (χ4v) is 4.40. The molecule has 0 radical (unpaired) electrons. The van der Waals surface area contributed by atoms with Crippen LogP contribution in [0.15, 0.2) is 66.9 Å². The number of alkyl halides is 2. The van der Waals surface area contributed by atoms with Crippen LogP contribution in [0.5, 0.6) is 5.75 Å². The summed E-state index contributed by atoms with van der Waals surface area (Å²) in [6.07, 6.45) is 3.71. The summed E-state index contributed by atoms with van der Waals surface area (Å²) in [6.45, 7) is 1.30. The van der Waals surface area contributed by atoms with Gasteiger partial charge in [0, 0.05) is 12.7 Å². The predicted molar refractivity (Wildman–Crippen MR) is 124 cm³/mol. The van der Waals surface area contributed by atoms with Gasteiger partial charge >= 0.3 is 6.61 Å². The minimum absolute atomic E-state index is 0.147. The van der Waals surface area contributed by atoms with Crippen LogP contribution in [0.2, 0.25) is 0 Å². The zero-order chi connectivity index (χ0) is 23.2. The Bertz CT molecular complexity index is 1290. The van der Waals surface area contributed by atoms with Crippen molar-refractivity contribution in [3.05, 3.63) is 78.1 Å². The third-order valence-corrected chi connectivity index (χ3v) is 6.01. The highest BCUT2D eigenvalue weighted by atomic mass is 19.3. The molecule has 33 heavy (non-hydrogen) atoms. The quantitative estimate of drug-likeness (QED) is 0.411. The number of aliphatic hydroxyl groups is 1. The number of hydrogen-bond donors (Lipinski definition) is 1. The van der Waals surface area contributed by atoms with Crippen molar-refractivity contribution in [2.24, 2.45) is 0 Å². The molecule has 7 heteroatoms. The maximum absolute atomic E-state index is 13.0. The van der Waals surface area contributed by atoms with Crippen LogP contribution < -0.4 is 9.64 Å². The molecule has 5 rings (SSSR count). The lowest BCUT2D eigenvalue weighted by Crippen LogP contribution is -2.26. The van der Waals surface area contributed by atoms with Crippen LogP contribution in [-0.2, 0) is 12.0 Å². The van der Waals surface area contributed by atoms with E-state index in [9.17, 15) is 13.9 Å². The zero-order valence-corrected chi connectivity index (χ0v) is 18.5. The van der Waals surface area contributed by atoms with Crippen molar-refractivity contribution in [2.45, 2.75) is 38.9 Å². The minimum atomic E-state index is -2.89. The van der Waals surface area contributed by atoms with Crippen molar-refractivity contribution in [3.63, 3.8) is 0 Å². The summed E-state index contributed by atoms with van der Waals surface area (Å²) in [5.74, 6) is 1.02. The molecule has 0 saturated heterocycles. The van der Waals surface area contributed by atoms with Gasteiger partial charge in [0.1, 0.15) is 17.2 Å². The summed E-state index contributed by atoms with van der Waals surface area (Å²) >= 11 is 0. The molecule has 3 heterocycles. The number of imidazole rings is 1. The first kappa shape index (κ1) is 21.4. The molecule has 1 aliphatic heterocycles. The van der Waals surface area contributed by atoms with Gasteiger partial charge in [-0.25, -0.2) is 4.98 Å². The molecule has 0 bridgehead atoms. The van der Waals surface area contributed by atoms with E-state index >= 15 is 0 Å². The smallest absolute Gasteiger partial charge is 0.387 e. The topological polar surface area (TPSA) is 50.0 Å². The van der Waals surface area contributed by atoms with Crippen molar-refractivity contribution >= 4 is 17.2 Å². The van der Waals surface area contributed by atoms with E-state index in [0.717, 1.165) is 46.7 Å². The minimum Gasteiger partial charge on any atom is -0.433 e. The van der Waals surface area contributed by atoms with Crippen molar-refractivity contribution in [1.82, 2.24) is 9.38 Å². The number of ether oxygens (including phenoxy) is 1. The maximum Gasteiger partial charge on any atom is 0.387 e. The number of benzene rings is 2. The molecule has 0 atom stereocenters. The molecule has 0 fully saturated rings. The van der Waals surface area contributed by atoms with Crippen molar-refractivity contribution in [2.75, 3.05) is 11.4 Å². The molecule has 0 amide bonds. The van der Waals surface area contributed by atoms with Crippen LogP contribution in [0.25, 0.3) is 16.8 Å². The zero-order valence-electron chi connectivity index (χ0n) is 18.5. The van der Waals surface area contributed by atoms with E-state index in [1.54, 1.807) is 32.0 Å². The molecule has 0 aliphatic carbocycles. The molecule has 0 saturated carbocycles. The number of aryl methyl sites for hydroxylation is 1. The normalized spacial score (nSPS) is 14.1. The Balaban J connectivity index is 1.60. The van der Waals surface area contributed by atoms with Gasteiger partial charge in [0.15, 0.2) is 0 Å². The van der Waals surface area contributed by atoms with Crippen molar-refractivity contribution < 1.29 is 18.6 Å². The lowest BCUT2D eigenvalue weighted by Gasteiger charge is -2.30. The van der Waals surface area contributed by atoms with Crippen LogP contribution in [0.4, 0.5) is 20.3 Å². The van der Waals surface area contributed by atoms with Gasteiger partial charge in [0.05, 0.1) is 17.0 Å². The fourth-order valence-electron chi connectivity index (χ4n) is 4.40. The highest BCUT2D eigenvalue weighted by molar-refractivity contribution is 5.74. The Kier molecular flexibility index (Phi) is 5.29. The second-order valence-electron chi connectivity index (χ2n) is 8.77. The third-order valence-electron chi connectivity index (χ3n) is 6.01. The monoisotopic (exact) mass is 449 g/mol. The van der Waals surface area contributed by atoms with Gasteiger partial charge in [0.25, 0.3) is 0 Å². The number of halogens is 2. The first-order chi connectivity index (χ1) is 15.8. The highest BCUT2D eigenvalue weighted by Gasteiger charge is 2.27. The Morgan fingerprint density at radius 2 is 1.73 bits per heavy atom. The summed E-state index contributed by atoms with van der Waals surface area (Å²) in [5.41, 5.74) is 4.28. The van der Waals surface area contributed by atoms with Crippen LogP contribution in [0.3, 0.4) is 0 Å². The summed E-state index contributed by atoms with van der Waals surface area (Å²) in [6, 6.07) is 18.7. The molecule has 2 aromatic carbocycles. The van der Waals surface area contributed by atoms with Gasteiger partial charge in [0.2, 0.25) is 0 Å². The summed E-state index contributed by atoms with van der Waals surface area (Å²) in [7, 11) is 0. The van der Waals surface area contributed by atoms with Gasteiger partial charge in [-0.3, -0.25) is 4.40 Å². The Morgan fingerprint density at radius 3 is 2.45 bits per heavy atom. The van der Waals surface area contributed by atoms with Gasteiger partial charge < -0.3 is 14.7 Å². The van der Waals surface area contributed by atoms with E-state index in [1.165, 1.54) is 0 Å². The molecule has 5 nitrogen and oxygen atoms in total. The van der Waals surface area contributed by atoms with E-state index in [1.807, 2.05) is 58.0 Å². The number of rotatable bonds is 5. The second kappa shape index (κ2) is 8.15. The van der Waals surface area contributed by atoms with E-state index in [4.69, 9.17) is 9.72 Å². The maximum atomic E-state index is 13.0. The molecule has 0 unspecified atom stereocenters. The molecule has 4 aromatic rings. The van der Waals surface area contributed by atoms with Gasteiger partial charge in [-0.2, -0.15) is 8.78 Å². The molecular formula is C26H25F2N3O2. The SMILES string of the molecule is CC(C)(O)c1ccc(-c2ccc3nc4c(n3c2)N(c2ccccc2OC(F)F)CCC4)cc1. The van der Waals surface area contributed by atoms with Crippen LogP contribution in [-0.4, -0.2) is 27.6 Å². The molecule has 170 valence electrons. The Hall–Kier alpha value is -3.45. The molecule has 2 aromatic heterocycles. The fraction of sp³-hybridized carbons (Fsp3) is 0.269. The third kappa shape index (κ3) is 4.04. The van der Waals surface area contributed by atoms with Gasteiger partial charge in [-0.15, -0.1) is 0 Å². The van der Waals surface area contributed by atoms with Gasteiger partial charge in [-0.05, 0) is 67.6 Å². The van der Waals surface area contributed by atoms with Crippen LogP contribution >= 0.6 is 0 Å². The largest absolute Gasteiger partial charge is 0.433 e. The van der Waals surface area contributed by atoms with E-state index in [-0.39, 0.29) is 5.75 Å². The van der Waals surface area contributed by atoms with Gasteiger partial charge in [-0.1, -0.05) is 36.4 Å². The highest BCUT2D eigenvalue weighted by Crippen LogP contribution is 2.40. The van der Waals surface area contributed by atoms with Crippen LogP contribution in [0.1, 0.15) is 31.5 Å². The molecular weight excluding hydrogens is 424 g/mol.